The molecule has 0 aliphatic rings. The van der Waals surface area contributed by atoms with Crippen LogP contribution in [-0.4, -0.2) is 14.8 Å². The number of hydrogen-bond donors (Lipinski definition) is 0. The Hall–Kier alpha value is -2.92. The smallest absolute Gasteiger partial charge is 0.129 e. The molecule has 4 aromatic rings. The van der Waals surface area contributed by atoms with Gasteiger partial charge in [-0.05, 0) is 51.1 Å². The molecule has 0 N–H and O–H groups in total. The average molecular weight is 361 g/mol. The molecule has 2 heterocycles. The molecule has 0 saturated heterocycles. The number of rotatable bonds is 4. The predicted molar refractivity (Wildman–Crippen MR) is 105 cm³/mol. The molecule has 4 nitrogen and oxygen atoms in total. The van der Waals surface area contributed by atoms with Gasteiger partial charge in [-0.2, -0.15) is 5.10 Å². The molecule has 0 bridgehead atoms. The SMILES string of the molecule is Cc1csc(-c2cccc(Oc3cccc(-n4nc(C)cc4C)c3)c2)n1. The van der Waals surface area contributed by atoms with Gasteiger partial charge in [0.15, 0.2) is 0 Å². The van der Waals surface area contributed by atoms with E-state index in [0.717, 1.165) is 44.8 Å². The third-order valence-corrected chi connectivity index (χ3v) is 5.02. The molecule has 0 aliphatic carbocycles. The first-order valence-electron chi connectivity index (χ1n) is 8.42. The van der Waals surface area contributed by atoms with Crippen LogP contribution in [0, 0.1) is 20.8 Å². The van der Waals surface area contributed by atoms with Crippen molar-refractivity contribution in [2.75, 3.05) is 0 Å². The summed E-state index contributed by atoms with van der Waals surface area (Å²) in [6.45, 7) is 6.05. The third-order valence-electron chi connectivity index (χ3n) is 4.01. The van der Waals surface area contributed by atoms with Crippen LogP contribution in [0.2, 0.25) is 0 Å². The summed E-state index contributed by atoms with van der Waals surface area (Å²) in [5.41, 5.74) is 5.19. The van der Waals surface area contributed by atoms with E-state index in [1.54, 1.807) is 11.3 Å². The van der Waals surface area contributed by atoms with E-state index in [1.807, 2.05) is 67.9 Å². The lowest BCUT2D eigenvalue weighted by Crippen LogP contribution is -1.99. The van der Waals surface area contributed by atoms with Crippen LogP contribution in [-0.2, 0) is 0 Å². The first-order chi connectivity index (χ1) is 12.6. The molecule has 5 heteroatoms. The van der Waals surface area contributed by atoms with Gasteiger partial charge in [0.25, 0.3) is 0 Å². The van der Waals surface area contributed by atoms with Gasteiger partial charge in [0.05, 0.1) is 11.4 Å². The molecule has 2 aromatic carbocycles. The summed E-state index contributed by atoms with van der Waals surface area (Å²) in [6, 6.07) is 18.1. The fourth-order valence-electron chi connectivity index (χ4n) is 2.88. The number of benzene rings is 2. The van der Waals surface area contributed by atoms with E-state index in [-0.39, 0.29) is 0 Å². The van der Waals surface area contributed by atoms with E-state index >= 15 is 0 Å². The molecule has 0 spiro atoms. The predicted octanol–water partition coefficient (Wildman–Crippen LogP) is 5.71. The lowest BCUT2D eigenvalue weighted by atomic mass is 10.2. The summed E-state index contributed by atoms with van der Waals surface area (Å²) in [6.07, 6.45) is 0. The largest absolute Gasteiger partial charge is 0.457 e. The summed E-state index contributed by atoms with van der Waals surface area (Å²) in [5.74, 6) is 1.57. The van der Waals surface area contributed by atoms with Crippen molar-refractivity contribution < 1.29 is 4.74 Å². The van der Waals surface area contributed by atoms with Gasteiger partial charge >= 0.3 is 0 Å². The Balaban J connectivity index is 1.62. The normalized spacial score (nSPS) is 10.9. The van der Waals surface area contributed by atoms with Gasteiger partial charge in [-0.3, -0.25) is 0 Å². The molecule has 0 atom stereocenters. The zero-order valence-corrected chi connectivity index (χ0v) is 15.7. The second-order valence-electron chi connectivity index (χ2n) is 6.26. The highest BCUT2D eigenvalue weighted by Gasteiger charge is 2.07. The maximum Gasteiger partial charge on any atom is 0.129 e. The zero-order chi connectivity index (χ0) is 18.1. The molecule has 26 heavy (non-hydrogen) atoms. The van der Waals surface area contributed by atoms with Crippen molar-refractivity contribution in [1.82, 2.24) is 14.8 Å². The average Bonchev–Trinajstić information content (AvgIpc) is 3.20. The number of aryl methyl sites for hydroxylation is 3. The van der Waals surface area contributed by atoms with Crippen LogP contribution in [0.5, 0.6) is 11.5 Å². The van der Waals surface area contributed by atoms with Crippen LogP contribution in [0.1, 0.15) is 17.1 Å². The second kappa shape index (κ2) is 6.77. The highest BCUT2D eigenvalue weighted by molar-refractivity contribution is 7.13. The first-order valence-corrected chi connectivity index (χ1v) is 9.30. The minimum Gasteiger partial charge on any atom is -0.457 e. The van der Waals surface area contributed by atoms with E-state index < -0.39 is 0 Å². The fraction of sp³-hybridized carbons (Fsp3) is 0.143. The molecule has 2 aromatic heterocycles. The van der Waals surface area contributed by atoms with Gasteiger partial charge in [0.1, 0.15) is 16.5 Å². The Kier molecular flexibility index (Phi) is 4.31. The Morgan fingerprint density at radius 3 is 2.35 bits per heavy atom. The van der Waals surface area contributed by atoms with Gasteiger partial charge in [0.2, 0.25) is 0 Å². The summed E-state index contributed by atoms with van der Waals surface area (Å²) in [7, 11) is 0. The third kappa shape index (κ3) is 3.39. The van der Waals surface area contributed by atoms with Crippen molar-refractivity contribution >= 4 is 11.3 Å². The number of nitrogens with zero attached hydrogens (tertiary/aromatic N) is 3. The van der Waals surface area contributed by atoms with E-state index in [2.05, 4.69) is 27.6 Å². The van der Waals surface area contributed by atoms with Crippen molar-refractivity contribution in [2.24, 2.45) is 0 Å². The van der Waals surface area contributed by atoms with Gasteiger partial charge in [-0.25, -0.2) is 9.67 Å². The first kappa shape index (κ1) is 16.5. The number of hydrogen-bond acceptors (Lipinski definition) is 4. The molecular weight excluding hydrogens is 342 g/mol. The lowest BCUT2D eigenvalue weighted by molar-refractivity contribution is 0.482. The lowest BCUT2D eigenvalue weighted by Gasteiger charge is -2.10. The van der Waals surface area contributed by atoms with Crippen LogP contribution < -0.4 is 4.74 Å². The van der Waals surface area contributed by atoms with Crippen LogP contribution in [0.25, 0.3) is 16.3 Å². The van der Waals surface area contributed by atoms with Crippen LogP contribution in [0.3, 0.4) is 0 Å². The van der Waals surface area contributed by atoms with Crippen LogP contribution in [0.4, 0.5) is 0 Å². The molecule has 0 aliphatic heterocycles. The fourth-order valence-corrected chi connectivity index (χ4v) is 3.68. The number of ether oxygens (including phenoxy) is 1. The number of thiazole rings is 1. The molecule has 0 unspecified atom stereocenters. The van der Waals surface area contributed by atoms with E-state index in [1.165, 1.54) is 0 Å². The Morgan fingerprint density at radius 2 is 1.65 bits per heavy atom. The number of aromatic nitrogens is 3. The summed E-state index contributed by atoms with van der Waals surface area (Å²) in [4.78, 5) is 4.55. The maximum absolute atomic E-state index is 6.09. The van der Waals surface area contributed by atoms with E-state index in [4.69, 9.17) is 4.74 Å². The standard InChI is InChI=1S/C21H19N3OS/c1-14-10-16(3)24(23-14)18-7-5-9-20(12-18)25-19-8-4-6-17(11-19)21-22-15(2)13-26-21/h4-13H,1-3H3. The summed E-state index contributed by atoms with van der Waals surface area (Å²) >= 11 is 1.64. The van der Waals surface area contributed by atoms with Gasteiger partial charge in [0, 0.05) is 28.4 Å². The highest BCUT2D eigenvalue weighted by atomic mass is 32.1. The van der Waals surface area contributed by atoms with Crippen molar-refractivity contribution in [3.8, 4) is 27.8 Å². The van der Waals surface area contributed by atoms with Crippen LogP contribution >= 0.6 is 11.3 Å². The van der Waals surface area contributed by atoms with Crippen molar-refractivity contribution in [3.63, 3.8) is 0 Å². The second-order valence-corrected chi connectivity index (χ2v) is 7.12. The topological polar surface area (TPSA) is 39.9 Å². The molecule has 0 saturated carbocycles. The van der Waals surface area contributed by atoms with Gasteiger partial charge < -0.3 is 4.74 Å². The molecule has 4 rings (SSSR count). The molecule has 0 amide bonds. The Morgan fingerprint density at radius 1 is 0.885 bits per heavy atom. The van der Waals surface area contributed by atoms with Gasteiger partial charge in [-0.1, -0.05) is 18.2 Å². The summed E-state index contributed by atoms with van der Waals surface area (Å²) < 4.78 is 8.02. The van der Waals surface area contributed by atoms with Crippen molar-refractivity contribution in [1.29, 1.82) is 0 Å². The Bertz CT molecular complexity index is 1060. The summed E-state index contributed by atoms with van der Waals surface area (Å²) in [5, 5.41) is 7.60. The van der Waals surface area contributed by atoms with Crippen molar-refractivity contribution in [2.45, 2.75) is 20.8 Å². The minimum absolute atomic E-state index is 0.780. The molecule has 130 valence electrons. The monoisotopic (exact) mass is 361 g/mol. The highest BCUT2D eigenvalue weighted by Crippen LogP contribution is 2.30. The molecule has 0 radical (unpaired) electrons. The molecular formula is C21H19N3OS. The Labute approximate surface area is 156 Å². The van der Waals surface area contributed by atoms with Gasteiger partial charge in [-0.15, -0.1) is 11.3 Å². The van der Waals surface area contributed by atoms with Crippen molar-refractivity contribution in [3.05, 3.63) is 77.1 Å². The maximum atomic E-state index is 6.09. The zero-order valence-electron chi connectivity index (χ0n) is 14.9. The minimum atomic E-state index is 0.780. The van der Waals surface area contributed by atoms with E-state index in [0.29, 0.717) is 0 Å². The van der Waals surface area contributed by atoms with E-state index in [9.17, 15) is 0 Å². The molecule has 0 fully saturated rings. The quantitative estimate of drug-likeness (QED) is 0.467. The van der Waals surface area contributed by atoms with Crippen LogP contribution in [0.15, 0.2) is 60.0 Å².